The van der Waals surface area contributed by atoms with Crippen LogP contribution in [0, 0.1) is 6.07 Å². The van der Waals surface area contributed by atoms with Gasteiger partial charge in [-0.1, -0.05) is 18.2 Å². The molecule has 2 aromatic heterocycles. The van der Waals surface area contributed by atoms with Crippen molar-refractivity contribution < 1.29 is 13.0 Å². The molecule has 0 atom stereocenters. The lowest BCUT2D eigenvalue weighted by molar-refractivity contribution is 0.494. The molecule has 116 valence electrons. The minimum Gasteiger partial charge on any atom is -0.335 e. The number of hydrogen-bond donors (Lipinski definition) is 3. The van der Waals surface area contributed by atoms with Crippen LogP contribution < -0.4 is 10.7 Å². The largest absolute Gasteiger partial charge is 0.627 e. The van der Waals surface area contributed by atoms with Gasteiger partial charge < -0.3 is 9.97 Å². The van der Waals surface area contributed by atoms with Crippen molar-refractivity contribution in [1.29, 1.82) is 0 Å². The lowest BCUT2D eigenvalue weighted by Crippen LogP contribution is -2.23. The summed E-state index contributed by atoms with van der Waals surface area (Å²) in [5.74, 6) is 1.05. The quantitative estimate of drug-likeness (QED) is 0.567. The van der Waals surface area contributed by atoms with E-state index < -0.39 is 10.3 Å². The first-order valence-corrected chi connectivity index (χ1v) is 7.98. The van der Waals surface area contributed by atoms with E-state index in [1.807, 2.05) is 24.3 Å². The van der Waals surface area contributed by atoms with Crippen LogP contribution in [0.4, 0.5) is 0 Å². The van der Waals surface area contributed by atoms with Gasteiger partial charge in [-0.05, 0) is 19.1 Å². The molecule has 0 bridgehead atoms. The van der Waals surface area contributed by atoms with Crippen LogP contribution in [0.1, 0.15) is 6.92 Å². The highest BCUT2D eigenvalue weighted by atomic mass is 32.2. The molecule has 3 rings (SSSR count). The Kier molecular flexibility index (Phi) is 3.69. The van der Waals surface area contributed by atoms with Crippen molar-refractivity contribution in [1.82, 2.24) is 19.9 Å². The molecule has 0 saturated carbocycles. The van der Waals surface area contributed by atoms with Gasteiger partial charge in [-0.2, -0.15) is 0 Å². The molecule has 0 amide bonds. The van der Waals surface area contributed by atoms with Crippen LogP contribution in [0.15, 0.2) is 24.3 Å². The Balaban J connectivity index is 2.12. The number of fused-ring (bicyclic) bond motifs is 1. The van der Waals surface area contributed by atoms with Gasteiger partial charge >= 0.3 is 16.4 Å². The maximum atomic E-state index is 10.6. The Bertz CT molecular complexity index is 1130. The van der Waals surface area contributed by atoms with E-state index in [9.17, 15) is 8.42 Å². The maximum Gasteiger partial charge on any atom is 0.627 e. The lowest BCUT2D eigenvalue weighted by atomic mass is 10.3. The standard InChI is InChI=1S/C14H11N5O3S/c1-2-9-12(7-8-15-23(20,21)22)19-13(16-9)14-17-10-5-3-4-6-11(10)18-14/h2-7H,1H3,(H2,16,17,18,20,21,22)/p+1/b9-2+. The van der Waals surface area contributed by atoms with Crippen molar-refractivity contribution in [3.05, 3.63) is 39.2 Å². The highest BCUT2D eigenvalue weighted by Gasteiger charge is 2.11. The van der Waals surface area contributed by atoms with Crippen LogP contribution in [-0.4, -0.2) is 32.9 Å². The van der Waals surface area contributed by atoms with E-state index >= 15 is 0 Å². The first-order chi connectivity index (χ1) is 11.0. The van der Waals surface area contributed by atoms with Crippen molar-refractivity contribution in [2.45, 2.75) is 6.92 Å². The third kappa shape index (κ3) is 3.28. The Hall–Kier alpha value is -2.96. The van der Waals surface area contributed by atoms with Crippen molar-refractivity contribution in [3.63, 3.8) is 0 Å². The minimum atomic E-state index is -4.46. The molecule has 0 saturated heterocycles. The Morgan fingerprint density at radius 3 is 2.65 bits per heavy atom. The number of nitrogens with one attached hydrogen (secondary N) is 2. The van der Waals surface area contributed by atoms with E-state index in [-0.39, 0.29) is 0 Å². The highest BCUT2D eigenvalue weighted by Crippen LogP contribution is 2.15. The third-order valence-corrected chi connectivity index (χ3v) is 3.36. The number of nitrogens with zero attached hydrogens (tertiary/aromatic N) is 3. The molecule has 0 aliphatic carbocycles. The Morgan fingerprint density at radius 2 is 1.96 bits per heavy atom. The zero-order chi connectivity index (χ0) is 16.4. The van der Waals surface area contributed by atoms with Crippen LogP contribution in [-0.2, 0) is 10.3 Å². The van der Waals surface area contributed by atoms with E-state index in [1.165, 1.54) is 6.08 Å². The number of aromatic amines is 2. The zero-order valence-corrected chi connectivity index (χ0v) is 12.8. The molecule has 23 heavy (non-hydrogen) atoms. The fourth-order valence-corrected chi connectivity index (χ4v) is 2.25. The van der Waals surface area contributed by atoms with Gasteiger partial charge in [-0.25, -0.2) is 14.5 Å². The smallest absolute Gasteiger partial charge is 0.335 e. The monoisotopic (exact) mass is 330 g/mol. The fraction of sp³-hybridized carbons (Fsp3) is 0.0714. The molecule has 3 N–H and O–H groups in total. The molecule has 2 heterocycles. The van der Waals surface area contributed by atoms with E-state index in [0.717, 1.165) is 11.0 Å². The summed E-state index contributed by atoms with van der Waals surface area (Å²) in [6.45, 7) is 1.79. The van der Waals surface area contributed by atoms with Crippen molar-refractivity contribution in [2.24, 2.45) is 0 Å². The van der Waals surface area contributed by atoms with Crippen LogP contribution in [0.25, 0.3) is 39.1 Å². The van der Waals surface area contributed by atoms with Crippen LogP contribution >= 0.6 is 0 Å². The number of para-hydroxylation sites is 2. The number of imidazole rings is 2. The second-order valence-electron chi connectivity index (χ2n) is 4.59. The molecule has 0 radical (unpaired) electrons. The van der Waals surface area contributed by atoms with Gasteiger partial charge in [0, 0.05) is 0 Å². The molecule has 3 aromatic rings. The van der Waals surface area contributed by atoms with Crippen LogP contribution in [0.5, 0.6) is 0 Å². The molecule has 0 spiro atoms. The Morgan fingerprint density at radius 1 is 1.22 bits per heavy atom. The van der Waals surface area contributed by atoms with Crippen molar-refractivity contribution in [3.8, 4) is 17.7 Å². The predicted octanol–water partition coefficient (Wildman–Crippen LogP) is 0.670. The summed E-state index contributed by atoms with van der Waals surface area (Å²) in [6.07, 6.45) is 3.02. The van der Waals surface area contributed by atoms with E-state index in [1.54, 1.807) is 13.0 Å². The minimum absolute atomic E-state index is 0.495. The summed E-state index contributed by atoms with van der Waals surface area (Å²) in [5.41, 5.74) is 1.69. The average Bonchev–Trinajstić information content (AvgIpc) is 3.08. The molecular formula is C14H12N5O3S+. The molecule has 0 aliphatic heterocycles. The second-order valence-corrected chi connectivity index (χ2v) is 5.67. The molecule has 0 fully saturated rings. The second kappa shape index (κ2) is 5.68. The third-order valence-electron chi connectivity index (χ3n) is 3.03. The molecule has 0 aliphatic rings. The van der Waals surface area contributed by atoms with Gasteiger partial charge in [-0.3, -0.25) is 0 Å². The molecule has 8 nitrogen and oxygen atoms in total. The van der Waals surface area contributed by atoms with Gasteiger partial charge in [-0.15, -0.1) is 8.42 Å². The lowest BCUT2D eigenvalue weighted by Gasteiger charge is -1.86. The zero-order valence-electron chi connectivity index (χ0n) is 12.0. The van der Waals surface area contributed by atoms with E-state index in [2.05, 4.69) is 30.3 Å². The summed E-state index contributed by atoms with van der Waals surface area (Å²) in [6, 6.07) is 9.72. The summed E-state index contributed by atoms with van der Waals surface area (Å²) >= 11 is 0. The van der Waals surface area contributed by atoms with Gasteiger partial charge in [0.05, 0.1) is 32.1 Å². The number of benzene rings is 1. The van der Waals surface area contributed by atoms with E-state index in [4.69, 9.17) is 4.55 Å². The summed E-state index contributed by atoms with van der Waals surface area (Å²) in [4.78, 5) is 15.0. The molecule has 0 unspecified atom stereocenters. The first kappa shape index (κ1) is 15.0. The normalized spacial score (nSPS) is 13.3. The Labute approximate surface area is 130 Å². The number of H-pyrrole nitrogens is 2. The summed E-state index contributed by atoms with van der Waals surface area (Å²) in [5, 5.41) is 1.08. The number of hydrogen-bond acceptors (Lipinski definition) is 4. The predicted molar refractivity (Wildman–Crippen MR) is 86.3 cm³/mol. The van der Waals surface area contributed by atoms with Crippen molar-refractivity contribution in [2.75, 3.05) is 0 Å². The number of aromatic nitrogens is 4. The van der Waals surface area contributed by atoms with Gasteiger partial charge in [0.25, 0.3) is 0 Å². The molecular weight excluding hydrogens is 318 g/mol. The molecule has 1 aromatic carbocycles. The summed E-state index contributed by atoms with van der Waals surface area (Å²) < 4.78 is 32.6. The van der Waals surface area contributed by atoms with Gasteiger partial charge in [0.1, 0.15) is 0 Å². The maximum absolute atomic E-state index is 10.6. The average molecular weight is 330 g/mol. The van der Waals surface area contributed by atoms with E-state index in [0.29, 0.717) is 22.3 Å². The molecule has 9 heteroatoms. The van der Waals surface area contributed by atoms with Gasteiger partial charge in [0.15, 0.2) is 11.6 Å². The topological polar surface area (TPSA) is 116 Å². The number of rotatable bonds is 1. The summed E-state index contributed by atoms with van der Waals surface area (Å²) in [7, 11) is -4.46. The SMILES string of the molecule is C/C=c1/nc(-c2nc3ccccc3[nH]2)[nH]/c1=C/C#[N+]S(=O)(=O)O. The fourth-order valence-electron chi connectivity index (χ4n) is 2.06. The van der Waals surface area contributed by atoms with Gasteiger partial charge in [0.2, 0.25) is 0 Å². The van der Waals surface area contributed by atoms with Crippen molar-refractivity contribution >= 4 is 33.5 Å². The highest BCUT2D eigenvalue weighted by molar-refractivity contribution is 7.87. The first-order valence-electron chi connectivity index (χ1n) is 6.59. The van der Waals surface area contributed by atoms with Crippen LogP contribution in [0.2, 0.25) is 0 Å². The van der Waals surface area contributed by atoms with Crippen LogP contribution in [0.3, 0.4) is 0 Å².